The highest BCUT2D eigenvalue weighted by Gasteiger charge is 2.16. The van der Waals surface area contributed by atoms with Crippen LogP contribution in [0.25, 0.3) is 0 Å². The van der Waals surface area contributed by atoms with Crippen molar-refractivity contribution in [1.82, 2.24) is 5.32 Å². The van der Waals surface area contributed by atoms with Gasteiger partial charge in [0.1, 0.15) is 5.60 Å². The molecule has 0 fully saturated rings. The lowest BCUT2D eigenvalue weighted by Crippen LogP contribution is -2.31. The molecule has 0 bridgehead atoms. The minimum absolute atomic E-state index is 0.100. The first kappa shape index (κ1) is 19.7. The third-order valence-electron chi connectivity index (χ3n) is 3.31. The van der Waals surface area contributed by atoms with Crippen molar-refractivity contribution in [3.05, 3.63) is 34.4 Å². The highest BCUT2D eigenvalue weighted by atomic mass is 16.6. The molecule has 0 radical (unpaired) electrons. The second kappa shape index (κ2) is 8.51. The van der Waals surface area contributed by atoms with Crippen LogP contribution in [0.5, 0.6) is 0 Å². The van der Waals surface area contributed by atoms with Crippen LogP contribution in [-0.2, 0) is 32.0 Å². The van der Waals surface area contributed by atoms with E-state index in [-0.39, 0.29) is 24.9 Å². The molecule has 0 aliphatic rings. The van der Waals surface area contributed by atoms with E-state index in [1.807, 2.05) is 39.8 Å². The Kier molecular flexibility index (Phi) is 6.99. The lowest BCUT2D eigenvalue weighted by molar-refractivity contribution is -0.153. The lowest BCUT2D eigenvalue weighted by atomic mass is 9.97. The van der Waals surface area contributed by atoms with Crippen LogP contribution in [-0.4, -0.2) is 31.2 Å². The second-order valence-corrected chi connectivity index (χ2v) is 6.51. The van der Waals surface area contributed by atoms with Crippen molar-refractivity contribution < 1.29 is 19.1 Å². The van der Waals surface area contributed by atoms with E-state index in [1.54, 1.807) is 0 Å². The van der Waals surface area contributed by atoms with Gasteiger partial charge in [-0.25, -0.2) is 0 Å². The molecule has 0 saturated carbocycles. The Morgan fingerprint density at radius 1 is 1.25 bits per heavy atom. The van der Waals surface area contributed by atoms with Gasteiger partial charge in [-0.2, -0.15) is 0 Å². The summed E-state index contributed by atoms with van der Waals surface area (Å²) in [5, 5.41) is 3.03. The molecule has 1 rings (SSSR count). The quantitative estimate of drug-likeness (QED) is 0.639. The molecule has 1 N–H and O–H groups in total. The fourth-order valence-electron chi connectivity index (χ4n) is 2.19. The number of hydrogen-bond donors (Lipinski definition) is 1. The molecule has 5 nitrogen and oxygen atoms in total. The molecule has 0 aromatic heterocycles. The summed E-state index contributed by atoms with van der Waals surface area (Å²) in [6.45, 7) is 7.89. The number of esters is 2. The van der Waals surface area contributed by atoms with Gasteiger partial charge in [0.15, 0.2) is 0 Å². The summed E-state index contributed by atoms with van der Waals surface area (Å²) in [6.07, 6.45) is 5.70. The third-order valence-corrected chi connectivity index (χ3v) is 3.31. The van der Waals surface area contributed by atoms with Crippen LogP contribution in [0.4, 0.5) is 0 Å². The highest BCUT2D eigenvalue weighted by molar-refractivity contribution is 5.73. The monoisotopic (exact) mass is 331 g/mol. The zero-order valence-corrected chi connectivity index (χ0v) is 15.0. The van der Waals surface area contributed by atoms with E-state index >= 15 is 0 Å². The number of carbonyl (C=O) groups excluding carboxylic acids is 2. The van der Waals surface area contributed by atoms with E-state index in [0.717, 1.165) is 22.3 Å². The summed E-state index contributed by atoms with van der Waals surface area (Å²) in [4.78, 5) is 23.2. The average Bonchev–Trinajstić information content (AvgIpc) is 2.48. The van der Waals surface area contributed by atoms with E-state index in [9.17, 15) is 9.59 Å². The molecule has 0 saturated heterocycles. The molecule has 0 spiro atoms. The third kappa shape index (κ3) is 6.43. The van der Waals surface area contributed by atoms with Crippen molar-refractivity contribution in [3.8, 4) is 12.3 Å². The molecule has 1 aromatic carbocycles. The molecule has 0 unspecified atom stereocenters. The molecule has 1 aromatic rings. The molecule has 0 atom stereocenters. The van der Waals surface area contributed by atoms with Crippen LogP contribution >= 0.6 is 0 Å². The number of terminal acetylenes is 1. The van der Waals surface area contributed by atoms with Gasteiger partial charge in [-0.1, -0.05) is 12.0 Å². The molecular weight excluding hydrogens is 306 g/mol. The van der Waals surface area contributed by atoms with Gasteiger partial charge in [-0.15, -0.1) is 6.42 Å². The number of nitrogens with one attached hydrogen (secondary N) is 1. The maximum atomic E-state index is 11.7. The zero-order valence-electron chi connectivity index (χ0n) is 15.0. The van der Waals surface area contributed by atoms with Crippen molar-refractivity contribution >= 4 is 11.9 Å². The van der Waals surface area contributed by atoms with Gasteiger partial charge in [-0.3, -0.25) is 9.59 Å². The van der Waals surface area contributed by atoms with Crippen LogP contribution in [0.2, 0.25) is 0 Å². The summed E-state index contributed by atoms with van der Waals surface area (Å²) < 4.78 is 9.95. The molecular formula is C19H25NO4. The summed E-state index contributed by atoms with van der Waals surface area (Å²) >= 11 is 0. The number of benzene rings is 1. The molecule has 0 amide bonds. The largest absolute Gasteiger partial charge is 0.469 e. The Morgan fingerprint density at radius 3 is 2.46 bits per heavy atom. The number of methoxy groups -OCH3 is 1. The van der Waals surface area contributed by atoms with E-state index in [0.29, 0.717) is 6.54 Å². The summed E-state index contributed by atoms with van der Waals surface area (Å²) in [6, 6.07) is 3.77. The molecule has 5 heteroatoms. The Labute approximate surface area is 143 Å². The Bertz CT molecular complexity index is 651. The van der Waals surface area contributed by atoms with Crippen LogP contribution in [0.3, 0.4) is 0 Å². The van der Waals surface area contributed by atoms with E-state index < -0.39 is 5.60 Å². The van der Waals surface area contributed by atoms with Gasteiger partial charge < -0.3 is 14.8 Å². The molecule has 0 heterocycles. The average molecular weight is 331 g/mol. The molecule has 0 aliphatic heterocycles. The van der Waals surface area contributed by atoms with Crippen molar-refractivity contribution in [3.63, 3.8) is 0 Å². The van der Waals surface area contributed by atoms with Gasteiger partial charge in [0.25, 0.3) is 0 Å². The second-order valence-electron chi connectivity index (χ2n) is 6.51. The van der Waals surface area contributed by atoms with Gasteiger partial charge in [-0.05, 0) is 50.5 Å². The van der Waals surface area contributed by atoms with Crippen molar-refractivity contribution in [2.24, 2.45) is 0 Å². The van der Waals surface area contributed by atoms with Gasteiger partial charge >= 0.3 is 11.9 Å². The number of hydrogen-bond acceptors (Lipinski definition) is 5. The number of carbonyl (C=O) groups is 2. The topological polar surface area (TPSA) is 64.6 Å². The Balaban J connectivity index is 2.78. The van der Waals surface area contributed by atoms with Crippen molar-refractivity contribution in [2.75, 3.05) is 13.7 Å². The van der Waals surface area contributed by atoms with Gasteiger partial charge in [0.2, 0.25) is 0 Å². The maximum absolute atomic E-state index is 11.7. The van der Waals surface area contributed by atoms with E-state index in [2.05, 4.69) is 11.2 Å². The normalized spacial score (nSPS) is 10.8. The molecule has 0 aliphatic carbocycles. The summed E-state index contributed by atoms with van der Waals surface area (Å²) in [5.74, 6) is 1.99. The smallest absolute Gasteiger partial charge is 0.320 e. The van der Waals surface area contributed by atoms with Crippen molar-refractivity contribution in [1.29, 1.82) is 0 Å². The predicted octanol–water partition coefficient (Wildman–Crippen LogP) is 2.12. The fraction of sp³-hybridized carbons (Fsp3) is 0.474. The zero-order chi connectivity index (χ0) is 18.3. The van der Waals surface area contributed by atoms with Crippen LogP contribution in [0.1, 0.15) is 43.0 Å². The summed E-state index contributed by atoms with van der Waals surface area (Å²) in [5.41, 5.74) is 2.83. The predicted molar refractivity (Wildman–Crippen MR) is 92.4 cm³/mol. The maximum Gasteiger partial charge on any atom is 0.320 e. The van der Waals surface area contributed by atoms with Crippen LogP contribution in [0.15, 0.2) is 12.1 Å². The number of rotatable bonds is 6. The Morgan fingerprint density at radius 2 is 1.92 bits per heavy atom. The fourth-order valence-corrected chi connectivity index (χ4v) is 2.19. The first-order valence-corrected chi connectivity index (χ1v) is 7.74. The minimum atomic E-state index is -0.507. The Hall–Kier alpha value is -2.32. The summed E-state index contributed by atoms with van der Waals surface area (Å²) in [7, 11) is 1.35. The first-order chi connectivity index (χ1) is 11.2. The van der Waals surface area contributed by atoms with Crippen LogP contribution < -0.4 is 5.32 Å². The first-order valence-electron chi connectivity index (χ1n) is 7.74. The van der Waals surface area contributed by atoms with Crippen molar-refractivity contribution in [2.45, 2.75) is 46.3 Å². The van der Waals surface area contributed by atoms with Gasteiger partial charge in [0.05, 0.1) is 20.1 Å². The minimum Gasteiger partial charge on any atom is -0.469 e. The SMILES string of the molecule is C#Cc1cc(CNCC(=O)OC(C)(C)C)cc(CC(=O)OC)c1C. The van der Waals surface area contributed by atoms with E-state index in [4.69, 9.17) is 15.9 Å². The van der Waals surface area contributed by atoms with Gasteiger partial charge in [0, 0.05) is 12.1 Å². The number of ether oxygens (including phenoxy) is 2. The standard InChI is InChI=1S/C19H25NO4/c1-7-15-8-14(9-16(13(15)2)10-17(21)23-6)11-20-12-18(22)24-19(3,4)5/h1,8-9,20H,10-12H2,2-6H3. The molecule has 130 valence electrons. The molecule has 24 heavy (non-hydrogen) atoms. The highest BCUT2D eigenvalue weighted by Crippen LogP contribution is 2.18. The van der Waals surface area contributed by atoms with E-state index in [1.165, 1.54) is 7.11 Å². The van der Waals surface area contributed by atoms with Crippen LogP contribution in [0, 0.1) is 19.3 Å². The lowest BCUT2D eigenvalue weighted by Gasteiger charge is -2.19.